The minimum atomic E-state index is -0.152. The smallest absolute Gasteiger partial charge is 0.0784 e. The minimum Gasteiger partial charge on any atom is -0.505 e. The van der Waals surface area contributed by atoms with E-state index in [4.69, 9.17) is 4.74 Å². The highest BCUT2D eigenvalue weighted by Crippen LogP contribution is 2.09. The van der Waals surface area contributed by atoms with Crippen LogP contribution in [0.15, 0.2) is 12.3 Å². The molecule has 72 valence electrons. The molecule has 0 heterocycles. The quantitative estimate of drug-likeness (QED) is 0.492. The topological polar surface area (TPSA) is 29.5 Å². The van der Waals surface area contributed by atoms with Crippen molar-refractivity contribution in [3.63, 3.8) is 0 Å². The zero-order chi connectivity index (χ0) is 9.40. The lowest BCUT2D eigenvalue weighted by atomic mass is 10.0. The number of allylic oxidation sites excluding steroid dienone is 1. The Kier molecular flexibility index (Phi) is 6.87. The lowest BCUT2D eigenvalue weighted by Gasteiger charge is -2.12. The molecular weight excluding hydrogens is 152 g/mol. The number of unbranched alkanes of at least 4 members (excludes halogenated alkanes) is 1. The van der Waals surface area contributed by atoms with Crippen molar-refractivity contribution >= 4 is 0 Å². The molecule has 0 saturated heterocycles. The van der Waals surface area contributed by atoms with Crippen LogP contribution in [0.3, 0.4) is 0 Å². The van der Waals surface area contributed by atoms with Crippen LogP contribution in [-0.2, 0) is 4.74 Å². The summed E-state index contributed by atoms with van der Waals surface area (Å²) in [5, 5.41) is 9.43. The molecule has 1 atom stereocenters. The van der Waals surface area contributed by atoms with Gasteiger partial charge in [-0.1, -0.05) is 13.8 Å². The van der Waals surface area contributed by atoms with Crippen LogP contribution in [0.25, 0.3) is 0 Å². The summed E-state index contributed by atoms with van der Waals surface area (Å²) in [4.78, 5) is 0. The minimum absolute atomic E-state index is 0.152. The fourth-order valence-corrected chi connectivity index (χ4v) is 0.942. The third-order valence-corrected chi connectivity index (χ3v) is 1.87. The maximum atomic E-state index is 9.43. The molecule has 0 fully saturated rings. The van der Waals surface area contributed by atoms with E-state index in [0.29, 0.717) is 5.92 Å². The zero-order valence-electron chi connectivity index (χ0n) is 8.29. The largest absolute Gasteiger partial charge is 0.505 e. The van der Waals surface area contributed by atoms with E-state index in [0.717, 1.165) is 19.3 Å². The molecule has 1 unspecified atom stereocenters. The van der Waals surface area contributed by atoms with Gasteiger partial charge in [-0.15, -0.1) is 0 Å². The standard InChI is InChI=1S/C10H20O2/c1-9(2)10(11)7-5-4-6-8-12-3/h6,8-11H,4-5,7H2,1-3H3/b8-6+. The predicted molar refractivity (Wildman–Crippen MR) is 50.8 cm³/mol. The number of aliphatic hydroxyl groups is 1. The van der Waals surface area contributed by atoms with Crippen molar-refractivity contribution in [2.45, 2.75) is 39.2 Å². The fraction of sp³-hybridized carbons (Fsp3) is 0.800. The Morgan fingerprint density at radius 3 is 2.58 bits per heavy atom. The van der Waals surface area contributed by atoms with Crippen LogP contribution in [-0.4, -0.2) is 18.3 Å². The Hall–Kier alpha value is -0.500. The number of ether oxygens (including phenoxy) is 1. The SMILES string of the molecule is CO/C=C/CCCC(O)C(C)C. The summed E-state index contributed by atoms with van der Waals surface area (Å²) >= 11 is 0. The molecule has 0 radical (unpaired) electrons. The van der Waals surface area contributed by atoms with Gasteiger partial charge in [-0.3, -0.25) is 0 Å². The van der Waals surface area contributed by atoms with Gasteiger partial charge in [-0.25, -0.2) is 0 Å². The molecule has 0 bridgehead atoms. The van der Waals surface area contributed by atoms with Gasteiger partial charge in [0.2, 0.25) is 0 Å². The maximum absolute atomic E-state index is 9.43. The Labute approximate surface area is 75.2 Å². The van der Waals surface area contributed by atoms with Crippen LogP contribution in [0.1, 0.15) is 33.1 Å². The molecule has 0 aliphatic carbocycles. The average molecular weight is 172 g/mol. The lowest BCUT2D eigenvalue weighted by molar-refractivity contribution is 0.114. The predicted octanol–water partition coefficient (Wildman–Crippen LogP) is 2.33. The van der Waals surface area contributed by atoms with E-state index in [-0.39, 0.29) is 6.10 Å². The summed E-state index contributed by atoms with van der Waals surface area (Å²) < 4.78 is 4.75. The first-order chi connectivity index (χ1) is 5.68. The Morgan fingerprint density at radius 2 is 2.08 bits per heavy atom. The van der Waals surface area contributed by atoms with Crippen LogP contribution in [0.5, 0.6) is 0 Å². The summed E-state index contributed by atoms with van der Waals surface area (Å²) in [5.74, 6) is 0.372. The maximum Gasteiger partial charge on any atom is 0.0784 e. The number of methoxy groups -OCH3 is 1. The molecule has 0 aromatic rings. The third-order valence-electron chi connectivity index (χ3n) is 1.87. The van der Waals surface area contributed by atoms with Gasteiger partial charge in [0.1, 0.15) is 0 Å². The summed E-state index contributed by atoms with van der Waals surface area (Å²) in [5.41, 5.74) is 0. The summed E-state index contributed by atoms with van der Waals surface area (Å²) in [7, 11) is 1.64. The van der Waals surface area contributed by atoms with Crippen molar-refractivity contribution in [3.05, 3.63) is 12.3 Å². The molecule has 2 nitrogen and oxygen atoms in total. The first kappa shape index (κ1) is 11.5. The second kappa shape index (κ2) is 7.17. The lowest BCUT2D eigenvalue weighted by Crippen LogP contribution is -2.13. The summed E-state index contributed by atoms with van der Waals surface area (Å²) in [6.07, 6.45) is 6.40. The molecule has 0 saturated carbocycles. The normalized spacial score (nSPS) is 14.1. The highest BCUT2D eigenvalue weighted by molar-refractivity contribution is 4.73. The van der Waals surface area contributed by atoms with Gasteiger partial charge in [-0.2, -0.15) is 0 Å². The Bertz CT molecular complexity index is 119. The van der Waals surface area contributed by atoms with Gasteiger partial charge < -0.3 is 9.84 Å². The number of hydrogen-bond donors (Lipinski definition) is 1. The Balaban J connectivity index is 3.25. The van der Waals surface area contributed by atoms with E-state index < -0.39 is 0 Å². The number of aliphatic hydroxyl groups excluding tert-OH is 1. The van der Waals surface area contributed by atoms with E-state index >= 15 is 0 Å². The monoisotopic (exact) mass is 172 g/mol. The summed E-state index contributed by atoms with van der Waals surface area (Å²) in [6.45, 7) is 4.07. The van der Waals surface area contributed by atoms with Crippen LogP contribution in [0, 0.1) is 5.92 Å². The van der Waals surface area contributed by atoms with Crippen LogP contribution in [0.4, 0.5) is 0 Å². The molecule has 2 heteroatoms. The van der Waals surface area contributed by atoms with Gasteiger partial charge in [-0.05, 0) is 31.3 Å². The van der Waals surface area contributed by atoms with Crippen LogP contribution < -0.4 is 0 Å². The van der Waals surface area contributed by atoms with E-state index in [1.807, 2.05) is 19.9 Å². The van der Waals surface area contributed by atoms with Crippen molar-refractivity contribution in [1.82, 2.24) is 0 Å². The van der Waals surface area contributed by atoms with Crippen molar-refractivity contribution < 1.29 is 9.84 Å². The van der Waals surface area contributed by atoms with Gasteiger partial charge in [0.25, 0.3) is 0 Å². The van der Waals surface area contributed by atoms with Gasteiger partial charge in [0, 0.05) is 0 Å². The molecule has 0 amide bonds. The average Bonchev–Trinajstić information content (AvgIpc) is 2.03. The van der Waals surface area contributed by atoms with Crippen molar-refractivity contribution in [2.24, 2.45) is 5.92 Å². The van der Waals surface area contributed by atoms with E-state index in [2.05, 4.69) is 0 Å². The highest BCUT2D eigenvalue weighted by Gasteiger charge is 2.06. The molecule has 0 rings (SSSR count). The van der Waals surface area contributed by atoms with Gasteiger partial charge in [0.15, 0.2) is 0 Å². The molecule has 0 spiro atoms. The number of rotatable bonds is 6. The van der Waals surface area contributed by atoms with E-state index in [9.17, 15) is 5.11 Å². The van der Waals surface area contributed by atoms with E-state index in [1.54, 1.807) is 13.4 Å². The second-order valence-corrected chi connectivity index (χ2v) is 3.35. The number of hydrogen-bond acceptors (Lipinski definition) is 2. The van der Waals surface area contributed by atoms with Crippen molar-refractivity contribution in [3.8, 4) is 0 Å². The Morgan fingerprint density at radius 1 is 1.42 bits per heavy atom. The molecule has 1 N–H and O–H groups in total. The molecular formula is C10H20O2. The molecule has 0 aliphatic heterocycles. The molecule has 0 aromatic carbocycles. The first-order valence-corrected chi connectivity index (χ1v) is 4.54. The van der Waals surface area contributed by atoms with Crippen molar-refractivity contribution in [2.75, 3.05) is 7.11 Å². The molecule has 12 heavy (non-hydrogen) atoms. The summed E-state index contributed by atoms with van der Waals surface area (Å²) in [6, 6.07) is 0. The van der Waals surface area contributed by atoms with Crippen LogP contribution in [0.2, 0.25) is 0 Å². The molecule has 0 aromatic heterocycles. The second-order valence-electron chi connectivity index (χ2n) is 3.35. The third kappa shape index (κ3) is 6.23. The first-order valence-electron chi connectivity index (χ1n) is 4.54. The van der Waals surface area contributed by atoms with Crippen molar-refractivity contribution in [1.29, 1.82) is 0 Å². The fourth-order valence-electron chi connectivity index (χ4n) is 0.942. The zero-order valence-corrected chi connectivity index (χ0v) is 8.29. The molecule has 0 aliphatic rings. The highest BCUT2D eigenvalue weighted by atomic mass is 16.5. The van der Waals surface area contributed by atoms with Gasteiger partial charge in [0.05, 0.1) is 19.5 Å². The van der Waals surface area contributed by atoms with E-state index in [1.165, 1.54) is 0 Å². The van der Waals surface area contributed by atoms with Gasteiger partial charge >= 0.3 is 0 Å². The van der Waals surface area contributed by atoms with Crippen LogP contribution >= 0.6 is 0 Å².